The Hall–Kier alpha value is -3.85. The van der Waals surface area contributed by atoms with E-state index >= 15 is 0 Å². The molecule has 1 aromatic heterocycles. The van der Waals surface area contributed by atoms with Crippen LogP contribution in [0.1, 0.15) is 26.6 Å². The fourth-order valence-corrected chi connectivity index (χ4v) is 4.76. The second-order valence-corrected chi connectivity index (χ2v) is 9.38. The van der Waals surface area contributed by atoms with Crippen LogP contribution in [0.25, 0.3) is 27.8 Å². The first kappa shape index (κ1) is 18.9. The molecule has 6 rings (SSSR count). The monoisotopic (exact) mass is 415 g/mol. The molecule has 0 saturated carbocycles. The standard InChI is InChI=1S/C29H25N3/c1-29(2,3)28-30-26-22(20-12-6-4-7-13-20)18-19-25-27(26)32(28)24-17-11-10-16-23(24)31(25)21-14-8-5-9-15-21/h4-19H,1-3H3. The second-order valence-electron chi connectivity index (χ2n) is 9.38. The van der Waals surface area contributed by atoms with E-state index in [0.29, 0.717) is 0 Å². The highest BCUT2D eigenvalue weighted by atomic mass is 15.2. The first-order valence-corrected chi connectivity index (χ1v) is 11.1. The third kappa shape index (κ3) is 2.71. The maximum absolute atomic E-state index is 5.30. The Balaban J connectivity index is 1.77. The molecule has 0 fully saturated rings. The quantitative estimate of drug-likeness (QED) is 0.288. The molecule has 156 valence electrons. The van der Waals surface area contributed by atoms with Crippen LogP contribution in [0, 0.1) is 0 Å². The van der Waals surface area contributed by atoms with Crippen molar-refractivity contribution in [2.45, 2.75) is 26.2 Å². The molecule has 0 amide bonds. The minimum absolute atomic E-state index is 0.105. The number of imidazole rings is 1. The number of anilines is 3. The summed E-state index contributed by atoms with van der Waals surface area (Å²) in [5.41, 5.74) is 9.12. The molecule has 0 N–H and O–H groups in total. The molecule has 4 aromatic carbocycles. The Morgan fingerprint density at radius 2 is 1.25 bits per heavy atom. The molecular weight excluding hydrogens is 390 g/mol. The van der Waals surface area contributed by atoms with Crippen LogP contribution in [0.15, 0.2) is 97.1 Å². The second kappa shape index (κ2) is 6.83. The fourth-order valence-electron chi connectivity index (χ4n) is 4.76. The molecule has 0 aliphatic carbocycles. The van der Waals surface area contributed by atoms with Gasteiger partial charge in [-0.05, 0) is 42.0 Å². The molecule has 0 radical (unpaired) electrons. The lowest BCUT2D eigenvalue weighted by Crippen LogP contribution is -2.23. The van der Waals surface area contributed by atoms with E-state index in [4.69, 9.17) is 4.98 Å². The van der Waals surface area contributed by atoms with Crippen molar-refractivity contribution in [3.05, 3.63) is 103 Å². The van der Waals surface area contributed by atoms with E-state index in [-0.39, 0.29) is 5.41 Å². The summed E-state index contributed by atoms with van der Waals surface area (Å²) < 4.78 is 2.38. The molecule has 1 aliphatic rings. The first-order valence-electron chi connectivity index (χ1n) is 11.1. The Bertz CT molecular complexity index is 1440. The Kier molecular flexibility index (Phi) is 4.03. The number of rotatable bonds is 2. The summed E-state index contributed by atoms with van der Waals surface area (Å²) in [6.07, 6.45) is 0. The van der Waals surface area contributed by atoms with Crippen molar-refractivity contribution in [1.29, 1.82) is 0 Å². The Morgan fingerprint density at radius 1 is 0.625 bits per heavy atom. The molecule has 0 bridgehead atoms. The first-order chi connectivity index (χ1) is 15.5. The number of fused-ring (bicyclic) bond motifs is 2. The number of hydrogen-bond donors (Lipinski definition) is 0. The molecule has 32 heavy (non-hydrogen) atoms. The number of benzene rings is 4. The van der Waals surface area contributed by atoms with Gasteiger partial charge in [0, 0.05) is 16.7 Å². The van der Waals surface area contributed by atoms with Gasteiger partial charge >= 0.3 is 0 Å². The number of aromatic nitrogens is 2. The average molecular weight is 416 g/mol. The van der Waals surface area contributed by atoms with Gasteiger partial charge in [0.25, 0.3) is 0 Å². The summed E-state index contributed by atoms with van der Waals surface area (Å²) in [5.74, 6) is 1.08. The van der Waals surface area contributed by atoms with Crippen LogP contribution in [0.4, 0.5) is 17.1 Å². The summed E-state index contributed by atoms with van der Waals surface area (Å²) in [5, 5.41) is 0. The summed E-state index contributed by atoms with van der Waals surface area (Å²) in [4.78, 5) is 7.66. The highest BCUT2D eigenvalue weighted by Gasteiger charge is 2.33. The average Bonchev–Trinajstić information content (AvgIpc) is 3.23. The van der Waals surface area contributed by atoms with Gasteiger partial charge in [-0.15, -0.1) is 0 Å². The summed E-state index contributed by atoms with van der Waals surface area (Å²) in [7, 11) is 0. The van der Waals surface area contributed by atoms with Gasteiger partial charge in [0.15, 0.2) is 0 Å². The van der Waals surface area contributed by atoms with E-state index in [1.165, 1.54) is 28.0 Å². The maximum atomic E-state index is 5.30. The third-order valence-electron chi connectivity index (χ3n) is 6.16. The minimum atomic E-state index is -0.105. The van der Waals surface area contributed by atoms with Crippen LogP contribution >= 0.6 is 0 Å². The lowest BCUT2D eigenvalue weighted by molar-refractivity contribution is 0.539. The number of para-hydroxylation sites is 3. The zero-order chi connectivity index (χ0) is 21.9. The van der Waals surface area contributed by atoms with Gasteiger partial charge in [-0.25, -0.2) is 4.98 Å². The smallest absolute Gasteiger partial charge is 0.120 e. The normalized spacial score (nSPS) is 12.8. The predicted molar refractivity (Wildman–Crippen MR) is 133 cm³/mol. The van der Waals surface area contributed by atoms with Gasteiger partial charge in [0.05, 0.1) is 28.1 Å². The largest absolute Gasteiger partial charge is 0.306 e. The molecule has 0 atom stereocenters. The summed E-state index contributed by atoms with van der Waals surface area (Å²) in [6.45, 7) is 6.73. The molecule has 0 saturated heterocycles. The van der Waals surface area contributed by atoms with Crippen LogP contribution in [0.5, 0.6) is 0 Å². The lowest BCUT2D eigenvalue weighted by Gasteiger charge is -2.34. The molecule has 0 spiro atoms. The predicted octanol–water partition coefficient (Wildman–Crippen LogP) is 7.77. The van der Waals surface area contributed by atoms with Crippen molar-refractivity contribution in [3.63, 3.8) is 0 Å². The van der Waals surface area contributed by atoms with Crippen molar-refractivity contribution in [1.82, 2.24) is 9.55 Å². The summed E-state index contributed by atoms with van der Waals surface area (Å²) >= 11 is 0. The van der Waals surface area contributed by atoms with Crippen LogP contribution in [0.2, 0.25) is 0 Å². The fraction of sp³-hybridized carbons (Fsp3) is 0.138. The van der Waals surface area contributed by atoms with E-state index in [9.17, 15) is 0 Å². The molecule has 2 heterocycles. The van der Waals surface area contributed by atoms with Crippen molar-refractivity contribution in [3.8, 4) is 16.8 Å². The summed E-state index contributed by atoms with van der Waals surface area (Å²) in [6, 6.07) is 34.3. The van der Waals surface area contributed by atoms with Gasteiger partial charge in [0.1, 0.15) is 5.82 Å². The van der Waals surface area contributed by atoms with E-state index < -0.39 is 0 Å². The van der Waals surface area contributed by atoms with Gasteiger partial charge in [-0.1, -0.05) is 81.4 Å². The Morgan fingerprint density at radius 3 is 1.94 bits per heavy atom. The SMILES string of the molecule is CC(C)(C)c1nc2c(-c3ccccc3)ccc3c2n1-c1ccccc1N3c1ccccc1. The minimum Gasteiger partial charge on any atom is -0.306 e. The lowest BCUT2D eigenvalue weighted by atomic mass is 9.95. The highest BCUT2D eigenvalue weighted by Crippen LogP contribution is 2.49. The van der Waals surface area contributed by atoms with Gasteiger partial charge in [0.2, 0.25) is 0 Å². The zero-order valence-corrected chi connectivity index (χ0v) is 18.6. The van der Waals surface area contributed by atoms with Gasteiger partial charge < -0.3 is 4.90 Å². The van der Waals surface area contributed by atoms with Crippen LogP contribution in [0.3, 0.4) is 0 Å². The van der Waals surface area contributed by atoms with Crippen LogP contribution in [-0.4, -0.2) is 9.55 Å². The molecule has 3 nitrogen and oxygen atoms in total. The highest BCUT2D eigenvalue weighted by molar-refractivity contribution is 6.06. The van der Waals surface area contributed by atoms with E-state index in [0.717, 1.165) is 22.7 Å². The zero-order valence-electron chi connectivity index (χ0n) is 18.6. The topological polar surface area (TPSA) is 21.1 Å². The van der Waals surface area contributed by atoms with E-state index in [2.05, 4.69) is 127 Å². The van der Waals surface area contributed by atoms with E-state index in [1.807, 2.05) is 0 Å². The molecule has 3 heteroatoms. The van der Waals surface area contributed by atoms with Crippen LogP contribution < -0.4 is 4.90 Å². The van der Waals surface area contributed by atoms with Crippen LogP contribution in [-0.2, 0) is 5.41 Å². The number of hydrogen-bond acceptors (Lipinski definition) is 2. The third-order valence-corrected chi connectivity index (χ3v) is 6.16. The number of nitrogens with zero attached hydrogens (tertiary/aromatic N) is 3. The van der Waals surface area contributed by atoms with Crippen molar-refractivity contribution in [2.75, 3.05) is 4.90 Å². The van der Waals surface area contributed by atoms with Crippen molar-refractivity contribution >= 4 is 28.1 Å². The molecule has 5 aromatic rings. The van der Waals surface area contributed by atoms with Crippen molar-refractivity contribution < 1.29 is 0 Å². The molecule has 0 unspecified atom stereocenters. The van der Waals surface area contributed by atoms with Gasteiger partial charge in [-0.3, -0.25) is 4.57 Å². The Labute approximate surface area is 188 Å². The molecular formula is C29H25N3. The van der Waals surface area contributed by atoms with Crippen molar-refractivity contribution in [2.24, 2.45) is 0 Å². The van der Waals surface area contributed by atoms with Gasteiger partial charge in [-0.2, -0.15) is 0 Å². The molecule has 1 aliphatic heterocycles. The maximum Gasteiger partial charge on any atom is 0.120 e. The van der Waals surface area contributed by atoms with E-state index in [1.54, 1.807) is 0 Å².